The van der Waals surface area contributed by atoms with Crippen molar-refractivity contribution in [2.75, 3.05) is 0 Å². The summed E-state index contributed by atoms with van der Waals surface area (Å²) in [6, 6.07) is 15.1. The number of amides is 1. The summed E-state index contributed by atoms with van der Waals surface area (Å²) in [6.07, 6.45) is 8.68. The van der Waals surface area contributed by atoms with Gasteiger partial charge in [0.15, 0.2) is 0 Å². The van der Waals surface area contributed by atoms with Crippen molar-refractivity contribution in [2.45, 2.75) is 65.0 Å². The Morgan fingerprint density at radius 2 is 1.84 bits per heavy atom. The summed E-state index contributed by atoms with van der Waals surface area (Å²) in [7, 11) is 0. The zero-order valence-electron chi connectivity index (χ0n) is 18.9. The molecule has 1 fully saturated rings. The fourth-order valence-corrected chi connectivity index (χ4v) is 4.82. The average molecular weight is 427 g/mol. The SMILES string of the molecule is CCc1ccc2ncc3c(-c4ccc(C)cc4)nn(CC(=O)NC4CCCCC4)c3c2c1. The number of hydrogen-bond donors (Lipinski definition) is 1. The molecule has 4 aromatic rings. The minimum absolute atomic E-state index is 0.0355. The van der Waals surface area contributed by atoms with E-state index in [1.54, 1.807) is 0 Å². The Bertz CT molecular complexity index is 1270. The molecule has 5 rings (SSSR count). The second-order valence-corrected chi connectivity index (χ2v) is 9.00. The van der Waals surface area contributed by atoms with Gasteiger partial charge in [-0.25, -0.2) is 0 Å². The fourth-order valence-electron chi connectivity index (χ4n) is 4.82. The predicted molar refractivity (Wildman–Crippen MR) is 130 cm³/mol. The van der Waals surface area contributed by atoms with E-state index < -0.39 is 0 Å². The van der Waals surface area contributed by atoms with E-state index >= 15 is 0 Å². The van der Waals surface area contributed by atoms with Gasteiger partial charge in [-0.15, -0.1) is 0 Å². The third-order valence-corrected chi connectivity index (χ3v) is 6.63. The van der Waals surface area contributed by atoms with E-state index in [4.69, 9.17) is 10.1 Å². The topological polar surface area (TPSA) is 59.8 Å². The van der Waals surface area contributed by atoms with Gasteiger partial charge in [0.25, 0.3) is 0 Å². The second-order valence-electron chi connectivity index (χ2n) is 9.00. The number of benzene rings is 2. The molecule has 0 saturated heterocycles. The number of rotatable bonds is 5. The number of aryl methyl sites for hydroxylation is 2. The van der Waals surface area contributed by atoms with Crippen LogP contribution in [0.4, 0.5) is 0 Å². The zero-order chi connectivity index (χ0) is 22.1. The Balaban J connectivity index is 1.61. The van der Waals surface area contributed by atoms with Crippen molar-refractivity contribution in [3.8, 4) is 11.3 Å². The van der Waals surface area contributed by atoms with Crippen molar-refractivity contribution in [1.82, 2.24) is 20.1 Å². The minimum Gasteiger partial charge on any atom is -0.352 e. The molecule has 0 bridgehead atoms. The fraction of sp³-hybridized carbons (Fsp3) is 0.370. The molecular formula is C27H30N4O. The molecule has 2 heterocycles. The lowest BCUT2D eigenvalue weighted by Gasteiger charge is -2.22. The summed E-state index contributed by atoms with van der Waals surface area (Å²) >= 11 is 0. The Kier molecular flexibility index (Phi) is 5.64. The molecule has 2 aromatic carbocycles. The van der Waals surface area contributed by atoms with Crippen molar-refractivity contribution in [1.29, 1.82) is 0 Å². The molecule has 2 aromatic heterocycles. The third-order valence-electron chi connectivity index (χ3n) is 6.63. The van der Waals surface area contributed by atoms with Crippen molar-refractivity contribution in [3.63, 3.8) is 0 Å². The van der Waals surface area contributed by atoms with E-state index in [1.807, 2.05) is 10.9 Å². The smallest absolute Gasteiger partial charge is 0.241 e. The number of nitrogens with one attached hydrogen (secondary N) is 1. The largest absolute Gasteiger partial charge is 0.352 e. The van der Waals surface area contributed by atoms with Crippen LogP contribution in [-0.4, -0.2) is 26.7 Å². The predicted octanol–water partition coefficient (Wildman–Crippen LogP) is 5.57. The maximum Gasteiger partial charge on any atom is 0.241 e. The zero-order valence-corrected chi connectivity index (χ0v) is 18.9. The van der Waals surface area contributed by atoms with Crippen molar-refractivity contribution in [2.24, 2.45) is 0 Å². The first-order valence-corrected chi connectivity index (χ1v) is 11.8. The molecule has 0 atom stereocenters. The highest BCUT2D eigenvalue weighted by atomic mass is 16.2. The quantitative estimate of drug-likeness (QED) is 0.454. The molecule has 1 amide bonds. The van der Waals surface area contributed by atoms with Crippen LogP contribution in [0.3, 0.4) is 0 Å². The van der Waals surface area contributed by atoms with E-state index in [0.29, 0.717) is 6.04 Å². The van der Waals surface area contributed by atoms with E-state index in [1.165, 1.54) is 30.4 Å². The Morgan fingerprint density at radius 3 is 2.59 bits per heavy atom. The number of pyridine rings is 1. The van der Waals surface area contributed by atoms with Gasteiger partial charge in [0.05, 0.1) is 11.0 Å². The maximum absolute atomic E-state index is 13.0. The highest BCUT2D eigenvalue weighted by Gasteiger charge is 2.20. The normalized spacial score (nSPS) is 14.8. The molecular weight excluding hydrogens is 396 g/mol. The summed E-state index contributed by atoms with van der Waals surface area (Å²) < 4.78 is 1.88. The van der Waals surface area contributed by atoms with Gasteiger partial charge in [0.2, 0.25) is 5.91 Å². The summed E-state index contributed by atoms with van der Waals surface area (Å²) in [5.74, 6) is 0.0355. The molecule has 1 aliphatic carbocycles. The molecule has 5 nitrogen and oxygen atoms in total. The number of hydrogen-bond acceptors (Lipinski definition) is 3. The number of aromatic nitrogens is 3. The molecule has 1 aliphatic rings. The second kappa shape index (κ2) is 8.73. The first-order chi connectivity index (χ1) is 15.6. The average Bonchev–Trinajstić information content (AvgIpc) is 3.18. The van der Waals surface area contributed by atoms with Gasteiger partial charge < -0.3 is 5.32 Å². The molecule has 0 radical (unpaired) electrons. The molecule has 0 spiro atoms. The molecule has 1 saturated carbocycles. The lowest BCUT2D eigenvalue weighted by atomic mass is 9.95. The van der Waals surface area contributed by atoms with Gasteiger partial charge in [-0.05, 0) is 43.9 Å². The van der Waals surface area contributed by atoms with Crippen LogP contribution in [0.1, 0.15) is 50.2 Å². The van der Waals surface area contributed by atoms with E-state index in [2.05, 4.69) is 61.6 Å². The van der Waals surface area contributed by atoms with E-state index in [-0.39, 0.29) is 12.5 Å². The van der Waals surface area contributed by atoms with Crippen molar-refractivity contribution >= 4 is 27.7 Å². The molecule has 32 heavy (non-hydrogen) atoms. The number of nitrogens with zero attached hydrogens (tertiary/aromatic N) is 3. The number of carbonyl (C=O) groups excluding carboxylic acids is 1. The monoisotopic (exact) mass is 426 g/mol. The molecule has 0 aliphatic heterocycles. The minimum atomic E-state index is 0.0355. The van der Waals surface area contributed by atoms with Gasteiger partial charge in [-0.3, -0.25) is 14.5 Å². The lowest BCUT2D eigenvalue weighted by Crippen LogP contribution is -2.38. The van der Waals surface area contributed by atoms with E-state index in [0.717, 1.165) is 52.3 Å². The highest BCUT2D eigenvalue weighted by molar-refractivity contribution is 6.08. The first kappa shape index (κ1) is 20.7. The van der Waals surface area contributed by atoms with Gasteiger partial charge in [0.1, 0.15) is 12.2 Å². The lowest BCUT2D eigenvalue weighted by molar-refractivity contribution is -0.122. The molecule has 0 unspecified atom stereocenters. The van der Waals surface area contributed by atoms with Gasteiger partial charge >= 0.3 is 0 Å². The first-order valence-electron chi connectivity index (χ1n) is 11.8. The molecule has 164 valence electrons. The van der Waals surface area contributed by atoms with Gasteiger partial charge in [0, 0.05) is 28.6 Å². The van der Waals surface area contributed by atoms with Crippen molar-refractivity contribution < 1.29 is 4.79 Å². The van der Waals surface area contributed by atoms with Crippen LogP contribution in [0, 0.1) is 6.92 Å². The Hall–Kier alpha value is -3.21. The third kappa shape index (κ3) is 3.99. The summed E-state index contributed by atoms with van der Waals surface area (Å²) in [4.78, 5) is 17.7. The van der Waals surface area contributed by atoms with Crippen LogP contribution in [0.15, 0.2) is 48.7 Å². The van der Waals surface area contributed by atoms with Crippen LogP contribution in [0.25, 0.3) is 33.1 Å². The summed E-state index contributed by atoms with van der Waals surface area (Å²) in [5, 5.41) is 10.2. The molecule has 5 heteroatoms. The molecule has 1 N–H and O–H groups in total. The standard InChI is InChI=1S/C27H30N4O/c1-3-19-11-14-24-22(15-19)27-23(16-28-24)26(20-12-9-18(2)10-13-20)30-31(27)17-25(32)29-21-7-5-4-6-8-21/h9-16,21H,3-8,17H2,1-2H3,(H,29,32). The number of fused-ring (bicyclic) bond motifs is 3. The maximum atomic E-state index is 13.0. The van der Waals surface area contributed by atoms with E-state index in [9.17, 15) is 4.79 Å². The summed E-state index contributed by atoms with van der Waals surface area (Å²) in [5.41, 5.74) is 6.30. The highest BCUT2D eigenvalue weighted by Crippen LogP contribution is 2.32. The number of carbonyl (C=O) groups is 1. The van der Waals surface area contributed by atoms with Crippen LogP contribution in [-0.2, 0) is 17.8 Å². The van der Waals surface area contributed by atoms with Gasteiger partial charge in [-0.2, -0.15) is 5.10 Å². The summed E-state index contributed by atoms with van der Waals surface area (Å²) in [6.45, 7) is 4.45. The Labute approximate surface area is 188 Å². The van der Waals surface area contributed by atoms with Crippen LogP contribution in [0.5, 0.6) is 0 Å². The Morgan fingerprint density at radius 1 is 1.06 bits per heavy atom. The van der Waals surface area contributed by atoms with Gasteiger partial charge in [-0.1, -0.05) is 62.1 Å². The van der Waals surface area contributed by atoms with Crippen molar-refractivity contribution in [3.05, 3.63) is 59.8 Å². The van der Waals surface area contributed by atoms with Crippen LogP contribution in [0.2, 0.25) is 0 Å². The van der Waals surface area contributed by atoms with Crippen LogP contribution < -0.4 is 5.32 Å². The van der Waals surface area contributed by atoms with Crippen LogP contribution >= 0.6 is 0 Å².